The quantitative estimate of drug-likeness (QED) is 0.568. The summed E-state index contributed by atoms with van der Waals surface area (Å²) in [5.41, 5.74) is 1.44. The average molecular weight is 360 g/mol. The molecule has 0 aromatic heterocycles. The first-order valence-electron chi connectivity index (χ1n) is 7.93. The molecule has 0 bridgehead atoms. The Bertz CT molecular complexity index is 785. The number of hydrogen-bond acceptors (Lipinski definition) is 4. The minimum absolute atomic E-state index is 0.248. The van der Waals surface area contributed by atoms with Gasteiger partial charge in [-0.25, -0.2) is 18.4 Å². The maximum absolute atomic E-state index is 12.7. The molecule has 2 aromatic carbocycles. The van der Waals surface area contributed by atoms with E-state index in [0.29, 0.717) is 0 Å². The van der Waals surface area contributed by atoms with E-state index < -0.39 is 9.84 Å². The van der Waals surface area contributed by atoms with Crippen molar-refractivity contribution in [3.63, 3.8) is 0 Å². The maximum Gasteiger partial charge on any atom is 0.206 e. The molecule has 132 valence electrons. The van der Waals surface area contributed by atoms with E-state index >= 15 is 0 Å². The molecule has 0 saturated carbocycles. The molecule has 7 heteroatoms. The van der Waals surface area contributed by atoms with Gasteiger partial charge < -0.3 is 0 Å². The molecule has 0 aliphatic carbocycles. The molecule has 2 N–H and O–H groups in total. The molecular formula is C18H24N4O2S+2. The number of hydrogen-bond donors (Lipinski definition) is 2. The van der Waals surface area contributed by atoms with Crippen molar-refractivity contribution in [2.75, 3.05) is 28.2 Å². The van der Waals surface area contributed by atoms with E-state index in [0.717, 1.165) is 21.2 Å². The third kappa shape index (κ3) is 5.32. The van der Waals surface area contributed by atoms with Crippen LogP contribution in [0.25, 0.3) is 0 Å². The second kappa shape index (κ2) is 8.15. The van der Waals surface area contributed by atoms with Crippen LogP contribution >= 0.6 is 0 Å². The van der Waals surface area contributed by atoms with Gasteiger partial charge in [-0.15, -0.1) is 0 Å². The molecule has 6 nitrogen and oxygen atoms in total. The molecule has 0 heterocycles. The van der Waals surface area contributed by atoms with E-state index in [2.05, 4.69) is 9.98 Å². The molecule has 0 radical (unpaired) electrons. The zero-order valence-corrected chi connectivity index (χ0v) is 15.7. The van der Waals surface area contributed by atoms with Crippen LogP contribution in [0.3, 0.4) is 0 Å². The maximum atomic E-state index is 12.7. The van der Waals surface area contributed by atoms with E-state index in [1.54, 1.807) is 61.2 Å². The van der Waals surface area contributed by atoms with Gasteiger partial charge in [0, 0.05) is 0 Å². The molecule has 0 spiro atoms. The summed E-state index contributed by atoms with van der Waals surface area (Å²) in [7, 11) is 4.27. The van der Waals surface area contributed by atoms with E-state index in [1.165, 1.54) is 0 Å². The topological polar surface area (TPSA) is 67.7 Å². The summed E-state index contributed by atoms with van der Waals surface area (Å²) in [5, 5.41) is 0. The van der Waals surface area contributed by atoms with Crippen LogP contribution in [0.5, 0.6) is 0 Å². The SMILES string of the molecule is C[NH+](C)C=Nc1ccc(S(=O)(=O)c2ccc(N=C[NH+](C)C)cc2)cc1. The molecule has 0 amide bonds. The number of nitrogens with one attached hydrogen (secondary N) is 2. The van der Waals surface area contributed by atoms with Crippen molar-refractivity contribution < 1.29 is 18.2 Å². The van der Waals surface area contributed by atoms with Gasteiger partial charge >= 0.3 is 0 Å². The third-order valence-corrected chi connectivity index (χ3v) is 5.02. The Kier molecular flexibility index (Phi) is 6.19. The van der Waals surface area contributed by atoms with Gasteiger partial charge in [-0.1, -0.05) is 0 Å². The Morgan fingerprint density at radius 2 is 1.00 bits per heavy atom. The molecule has 25 heavy (non-hydrogen) atoms. The summed E-state index contributed by atoms with van der Waals surface area (Å²) in [5.74, 6) is 0. The molecule has 0 atom stereocenters. The first kappa shape index (κ1) is 19.0. The lowest BCUT2D eigenvalue weighted by atomic mass is 10.3. The minimum Gasteiger partial charge on any atom is -0.297 e. The van der Waals surface area contributed by atoms with Crippen LogP contribution in [0.1, 0.15) is 0 Å². The van der Waals surface area contributed by atoms with Crippen molar-refractivity contribution in [2.24, 2.45) is 9.98 Å². The third-order valence-electron chi connectivity index (χ3n) is 3.24. The van der Waals surface area contributed by atoms with Crippen molar-refractivity contribution in [1.29, 1.82) is 0 Å². The first-order valence-corrected chi connectivity index (χ1v) is 9.41. The van der Waals surface area contributed by atoms with Crippen molar-refractivity contribution in [3.05, 3.63) is 48.5 Å². The highest BCUT2D eigenvalue weighted by Crippen LogP contribution is 2.24. The highest BCUT2D eigenvalue weighted by molar-refractivity contribution is 7.91. The van der Waals surface area contributed by atoms with E-state index in [-0.39, 0.29) is 9.79 Å². The molecule has 2 aromatic rings. The molecule has 0 fully saturated rings. The fourth-order valence-corrected chi connectivity index (χ4v) is 3.23. The summed E-state index contributed by atoms with van der Waals surface area (Å²) < 4.78 is 25.4. The summed E-state index contributed by atoms with van der Waals surface area (Å²) in [4.78, 5) is 11.2. The van der Waals surface area contributed by atoms with Crippen molar-refractivity contribution in [2.45, 2.75) is 9.79 Å². The van der Waals surface area contributed by atoms with Crippen LogP contribution in [0.15, 0.2) is 68.3 Å². The van der Waals surface area contributed by atoms with Gasteiger partial charge in [-0.3, -0.25) is 9.80 Å². The fraction of sp³-hybridized carbons (Fsp3) is 0.222. The predicted molar refractivity (Wildman–Crippen MR) is 100 cm³/mol. The summed E-state index contributed by atoms with van der Waals surface area (Å²) >= 11 is 0. The second-order valence-electron chi connectivity index (χ2n) is 6.16. The van der Waals surface area contributed by atoms with Gasteiger partial charge in [0.2, 0.25) is 9.84 Å². The zero-order valence-electron chi connectivity index (χ0n) is 14.9. The number of benzene rings is 2. The van der Waals surface area contributed by atoms with Gasteiger partial charge in [0.25, 0.3) is 0 Å². The Hall–Kier alpha value is -2.35. The van der Waals surface area contributed by atoms with Gasteiger partial charge in [0.1, 0.15) is 0 Å². The van der Waals surface area contributed by atoms with Gasteiger partial charge in [0.15, 0.2) is 12.7 Å². The molecule has 0 aliphatic rings. The Morgan fingerprint density at radius 3 is 1.28 bits per heavy atom. The largest absolute Gasteiger partial charge is 0.297 e. The zero-order chi connectivity index (χ0) is 18.4. The predicted octanol–water partition coefficient (Wildman–Crippen LogP) is 0.128. The first-order chi connectivity index (χ1) is 11.8. The van der Waals surface area contributed by atoms with Crippen LogP contribution in [0.4, 0.5) is 11.4 Å². The lowest BCUT2D eigenvalue weighted by Crippen LogP contribution is -3.04. The van der Waals surface area contributed by atoms with E-state index in [4.69, 9.17) is 0 Å². The highest BCUT2D eigenvalue weighted by Gasteiger charge is 2.17. The van der Waals surface area contributed by atoms with Crippen molar-refractivity contribution in [3.8, 4) is 0 Å². The van der Waals surface area contributed by atoms with Crippen molar-refractivity contribution in [1.82, 2.24) is 0 Å². The number of sulfone groups is 1. The normalized spacial score (nSPS) is 12.7. The lowest BCUT2D eigenvalue weighted by Gasteiger charge is -2.05. The van der Waals surface area contributed by atoms with E-state index in [1.807, 2.05) is 28.2 Å². The Labute approximate surface area is 149 Å². The van der Waals surface area contributed by atoms with Crippen LogP contribution in [-0.2, 0) is 9.84 Å². The van der Waals surface area contributed by atoms with Crippen LogP contribution in [0.2, 0.25) is 0 Å². The van der Waals surface area contributed by atoms with Gasteiger partial charge in [0.05, 0.1) is 49.4 Å². The molecular weight excluding hydrogens is 336 g/mol. The van der Waals surface area contributed by atoms with Crippen LogP contribution < -0.4 is 9.80 Å². The number of quaternary nitrogens is 2. The fourth-order valence-electron chi connectivity index (χ4n) is 1.97. The minimum atomic E-state index is -3.55. The molecule has 2 rings (SSSR count). The smallest absolute Gasteiger partial charge is 0.206 e. The Morgan fingerprint density at radius 1 is 0.680 bits per heavy atom. The van der Waals surface area contributed by atoms with Crippen LogP contribution in [-0.4, -0.2) is 49.3 Å². The van der Waals surface area contributed by atoms with Gasteiger partial charge in [-0.2, -0.15) is 0 Å². The van der Waals surface area contributed by atoms with Crippen LogP contribution in [0, 0.1) is 0 Å². The number of aliphatic imine (C=N–C) groups is 2. The monoisotopic (exact) mass is 360 g/mol. The Balaban J connectivity index is 2.23. The highest BCUT2D eigenvalue weighted by atomic mass is 32.2. The standard InChI is InChI=1S/C18H22N4O2S/c1-21(2)13-19-15-5-9-17(10-6-15)25(23,24)18-11-7-16(8-12-18)20-14-22(3)4/h5-14H,1-4H3/p+2. The summed E-state index contributed by atoms with van der Waals surface area (Å²) in [6.45, 7) is 0. The van der Waals surface area contributed by atoms with E-state index in [9.17, 15) is 8.42 Å². The van der Waals surface area contributed by atoms with Crippen molar-refractivity contribution >= 4 is 33.9 Å². The molecule has 0 saturated heterocycles. The second-order valence-corrected chi connectivity index (χ2v) is 8.11. The summed E-state index contributed by atoms with van der Waals surface area (Å²) in [6.07, 6.45) is 3.50. The number of nitrogens with zero attached hydrogens (tertiary/aromatic N) is 2. The van der Waals surface area contributed by atoms with Gasteiger partial charge in [-0.05, 0) is 48.5 Å². The summed E-state index contributed by atoms with van der Waals surface area (Å²) in [6, 6.07) is 13.1. The lowest BCUT2D eigenvalue weighted by molar-refractivity contribution is -0.750. The number of rotatable bonds is 6. The molecule has 0 aliphatic heterocycles. The average Bonchev–Trinajstić information content (AvgIpc) is 2.59. The molecule has 0 unspecified atom stereocenters.